The number of benzene rings is 1. The van der Waals surface area contributed by atoms with Gasteiger partial charge in [0.25, 0.3) is 5.91 Å². The predicted octanol–water partition coefficient (Wildman–Crippen LogP) is 2.54. The molecule has 0 radical (unpaired) electrons. The first-order valence-electron chi connectivity index (χ1n) is 8.61. The molecule has 1 heterocycles. The molecule has 1 aromatic carbocycles. The first-order valence-corrected chi connectivity index (χ1v) is 9.14. The monoisotopic (exact) mass is 368 g/mol. The quantitative estimate of drug-likeness (QED) is 0.694. The van der Waals surface area contributed by atoms with E-state index in [9.17, 15) is 9.59 Å². The fourth-order valence-corrected chi connectivity index (χ4v) is 2.71. The number of hydrogen-bond donors (Lipinski definition) is 0. The summed E-state index contributed by atoms with van der Waals surface area (Å²) in [6.07, 6.45) is 1.76. The van der Waals surface area contributed by atoms with Crippen molar-refractivity contribution in [3.8, 4) is 5.75 Å². The fraction of sp³-hybridized carbons (Fsp3) is 0.556. The van der Waals surface area contributed by atoms with Crippen LogP contribution < -0.4 is 4.74 Å². The van der Waals surface area contributed by atoms with Gasteiger partial charge in [-0.3, -0.25) is 4.79 Å². The summed E-state index contributed by atoms with van der Waals surface area (Å²) in [7, 11) is 0. The average Bonchev–Trinajstić information content (AvgIpc) is 2.65. The number of alkyl halides is 1. The molecule has 25 heavy (non-hydrogen) atoms. The molecule has 0 aromatic heterocycles. The second kappa shape index (κ2) is 10.1. The van der Waals surface area contributed by atoms with E-state index in [1.807, 2.05) is 24.3 Å². The van der Waals surface area contributed by atoms with Gasteiger partial charge in [0.15, 0.2) is 6.61 Å². The Kier molecular flexibility index (Phi) is 7.85. The Balaban J connectivity index is 1.72. The van der Waals surface area contributed by atoms with Gasteiger partial charge in [-0.1, -0.05) is 25.5 Å². The topological polar surface area (TPSA) is 59.1 Å². The lowest BCUT2D eigenvalue weighted by Crippen LogP contribution is -2.51. The molecule has 0 aliphatic carbocycles. The molecule has 0 N–H and O–H groups in total. The Morgan fingerprint density at radius 2 is 1.72 bits per heavy atom. The number of amides is 2. The molecule has 7 heteroatoms. The molecule has 0 bridgehead atoms. The molecular formula is C18H25ClN2O4. The van der Waals surface area contributed by atoms with Crippen molar-refractivity contribution in [2.75, 3.05) is 45.3 Å². The van der Waals surface area contributed by atoms with Gasteiger partial charge in [0.05, 0.1) is 5.88 Å². The third-order valence-corrected chi connectivity index (χ3v) is 4.17. The van der Waals surface area contributed by atoms with Crippen LogP contribution in [0.3, 0.4) is 0 Å². The molecule has 2 rings (SSSR count). The third kappa shape index (κ3) is 6.12. The van der Waals surface area contributed by atoms with E-state index in [0.717, 1.165) is 12.8 Å². The van der Waals surface area contributed by atoms with Gasteiger partial charge < -0.3 is 19.3 Å². The van der Waals surface area contributed by atoms with Crippen LogP contribution in [0.5, 0.6) is 5.75 Å². The van der Waals surface area contributed by atoms with Gasteiger partial charge in [0, 0.05) is 26.2 Å². The summed E-state index contributed by atoms with van der Waals surface area (Å²) in [6.45, 7) is 4.22. The summed E-state index contributed by atoms with van der Waals surface area (Å²) >= 11 is 5.50. The Labute approximate surface area is 153 Å². The number of piperazine rings is 1. The molecule has 138 valence electrons. The fourth-order valence-electron chi connectivity index (χ4n) is 2.63. The summed E-state index contributed by atoms with van der Waals surface area (Å²) in [5, 5.41) is 0. The van der Waals surface area contributed by atoms with E-state index in [1.54, 1.807) is 9.80 Å². The highest BCUT2D eigenvalue weighted by Gasteiger charge is 2.25. The van der Waals surface area contributed by atoms with Crippen LogP contribution >= 0.6 is 11.6 Å². The molecule has 1 aromatic rings. The average molecular weight is 369 g/mol. The molecule has 1 aliphatic rings. The largest absolute Gasteiger partial charge is 0.484 e. The third-order valence-electron chi connectivity index (χ3n) is 4.02. The normalized spacial score (nSPS) is 14.3. The molecule has 6 nitrogen and oxygen atoms in total. The van der Waals surface area contributed by atoms with E-state index in [2.05, 4.69) is 6.92 Å². The zero-order chi connectivity index (χ0) is 18.1. The van der Waals surface area contributed by atoms with Gasteiger partial charge in [0.2, 0.25) is 0 Å². The van der Waals surface area contributed by atoms with Crippen molar-refractivity contribution in [2.24, 2.45) is 0 Å². The van der Waals surface area contributed by atoms with E-state index in [0.29, 0.717) is 31.9 Å². The second-order valence-corrected chi connectivity index (χ2v) is 6.23. The summed E-state index contributed by atoms with van der Waals surface area (Å²) in [6, 6.07) is 7.83. The van der Waals surface area contributed by atoms with Crippen LogP contribution in [0.4, 0.5) is 4.79 Å². The molecule has 0 saturated carbocycles. The van der Waals surface area contributed by atoms with Crippen molar-refractivity contribution >= 4 is 23.6 Å². The maximum Gasteiger partial charge on any atom is 0.409 e. The highest BCUT2D eigenvalue weighted by Crippen LogP contribution is 2.14. The number of ether oxygens (including phenoxy) is 2. The molecule has 2 amide bonds. The maximum absolute atomic E-state index is 12.2. The van der Waals surface area contributed by atoms with Crippen molar-refractivity contribution in [2.45, 2.75) is 19.8 Å². The standard InChI is InChI=1S/C18H25ClN2O4/c1-2-3-15-4-6-16(7-5-15)25-14-17(22)20-9-11-21(12-10-20)18(23)24-13-8-19/h4-7H,2-3,8-14H2,1H3. The number of nitrogens with zero attached hydrogens (tertiary/aromatic N) is 2. The minimum atomic E-state index is -0.379. The van der Waals surface area contributed by atoms with Crippen LogP contribution in [0, 0.1) is 0 Å². The molecule has 0 atom stereocenters. The van der Waals surface area contributed by atoms with E-state index < -0.39 is 0 Å². The van der Waals surface area contributed by atoms with Gasteiger partial charge in [-0.15, -0.1) is 11.6 Å². The van der Waals surface area contributed by atoms with Gasteiger partial charge in [0.1, 0.15) is 12.4 Å². The minimum absolute atomic E-state index is 0.00379. The van der Waals surface area contributed by atoms with Gasteiger partial charge in [-0.2, -0.15) is 0 Å². The lowest BCUT2D eigenvalue weighted by molar-refractivity contribution is -0.134. The molecule has 1 saturated heterocycles. The number of carbonyl (C=O) groups is 2. The number of halogens is 1. The Bertz CT molecular complexity index is 557. The molecular weight excluding hydrogens is 344 g/mol. The smallest absolute Gasteiger partial charge is 0.409 e. The lowest BCUT2D eigenvalue weighted by atomic mass is 10.1. The summed E-state index contributed by atoms with van der Waals surface area (Å²) in [4.78, 5) is 27.3. The molecule has 1 fully saturated rings. The van der Waals surface area contributed by atoms with Crippen molar-refractivity contribution in [3.63, 3.8) is 0 Å². The Morgan fingerprint density at radius 3 is 2.32 bits per heavy atom. The lowest BCUT2D eigenvalue weighted by Gasteiger charge is -2.34. The SMILES string of the molecule is CCCc1ccc(OCC(=O)N2CCN(C(=O)OCCCl)CC2)cc1. The van der Waals surface area contributed by atoms with Crippen molar-refractivity contribution < 1.29 is 19.1 Å². The Hall–Kier alpha value is -1.95. The highest BCUT2D eigenvalue weighted by atomic mass is 35.5. The summed E-state index contributed by atoms with van der Waals surface area (Å²) < 4.78 is 10.6. The highest BCUT2D eigenvalue weighted by molar-refractivity contribution is 6.18. The zero-order valence-electron chi connectivity index (χ0n) is 14.6. The number of aryl methyl sites for hydroxylation is 1. The first kappa shape index (κ1) is 19.4. The van der Waals surface area contributed by atoms with Crippen LogP contribution in [0.1, 0.15) is 18.9 Å². The van der Waals surface area contributed by atoms with Crippen LogP contribution in [-0.4, -0.2) is 67.1 Å². The minimum Gasteiger partial charge on any atom is -0.484 e. The van der Waals surface area contributed by atoms with Crippen molar-refractivity contribution in [1.82, 2.24) is 9.80 Å². The molecule has 1 aliphatic heterocycles. The van der Waals surface area contributed by atoms with E-state index in [-0.39, 0.29) is 31.1 Å². The second-order valence-electron chi connectivity index (χ2n) is 5.85. The number of rotatable bonds is 7. The Morgan fingerprint density at radius 1 is 1.08 bits per heavy atom. The number of carbonyl (C=O) groups excluding carboxylic acids is 2. The van der Waals surface area contributed by atoms with Crippen LogP contribution in [0.25, 0.3) is 0 Å². The zero-order valence-corrected chi connectivity index (χ0v) is 15.3. The van der Waals surface area contributed by atoms with Gasteiger partial charge in [-0.05, 0) is 24.1 Å². The maximum atomic E-state index is 12.2. The number of hydrogen-bond acceptors (Lipinski definition) is 4. The van der Waals surface area contributed by atoms with Crippen LogP contribution in [0.2, 0.25) is 0 Å². The molecule has 0 unspecified atom stereocenters. The van der Waals surface area contributed by atoms with E-state index >= 15 is 0 Å². The van der Waals surface area contributed by atoms with Crippen LogP contribution in [0.15, 0.2) is 24.3 Å². The van der Waals surface area contributed by atoms with Crippen molar-refractivity contribution in [1.29, 1.82) is 0 Å². The summed E-state index contributed by atoms with van der Waals surface area (Å²) in [5.41, 5.74) is 1.26. The van der Waals surface area contributed by atoms with E-state index in [4.69, 9.17) is 21.1 Å². The summed E-state index contributed by atoms with van der Waals surface area (Å²) in [5.74, 6) is 0.893. The molecule has 0 spiro atoms. The van der Waals surface area contributed by atoms with Crippen molar-refractivity contribution in [3.05, 3.63) is 29.8 Å². The van der Waals surface area contributed by atoms with Gasteiger partial charge >= 0.3 is 6.09 Å². The van der Waals surface area contributed by atoms with E-state index in [1.165, 1.54) is 5.56 Å². The first-order chi connectivity index (χ1) is 12.1. The predicted molar refractivity (Wildman–Crippen MR) is 96.2 cm³/mol. The van der Waals surface area contributed by atoms with Crippen LogP contribution in [-0.2, 0) is 16.0 Å². The van der Waals surface area contributed by atoms with Gasteiger partial charge in [-0.25, -0.2) is 4.79 Å².